The van der Waals surface area contributed by atoms with Crippen molar-refractivity contribution >= 4 is 44.6 Å². The first-order chi connectivity index (χ1) is 15.6. The largest absolute Gasteiger partial charge is 0.493 e. The molecule has 5 rings (SSSR count). The quantitative estimate of drug-likeness (QED) is 0.405. The molecule has 6 heteroatoms. The first kappa shape index (κ1) is 20.3. The number of nitrogens with one attached hydrogen (secondary N) is 2. The summed E-state index contributed by atoms with van der Waals surface area (Å²) < 4.78 is 6.75. The fraction of sp³-hybridized carbons (Fsp3) is 0.154. The summed E-state index contributed by atoms with van der Waals surface area (Å²) in [5, 5.41) is 6.96. The van der Waals surface area contributed by atoms with Gasteiger partial charge in [0.15, 0.2) is 0 Å². The summed E-state index contributed by atoms with van der Waals surface area (Å²) >= 11 is 1.46. The number of carbonyl (C=O) groups excluding carboxylic acids is 2. The van der Waals surface area contributed by atoms with Crippen molar-refractivity contribution in [2.45, 2.75) is 19.8 Å². The minimum atomic E-state index is -0.215. The van der Waals surface area contributed by atoms with Crippen molar-refractivity contribution in [3.63, 3.8) is 0 Å². The van der Waals surface area contributed by atoms with E-state index in [-0.39, 0.29) is 11.8 Å². The molecule has 0 aliphatic carbocycles. The highest BCUT2D eigenvalue weighted by Gasteiger charge is 2.15. The van der Waals surface area contributed by atoms with Gasteiger partial charge in [-0.05, 0) is 72.7 Å². The average molecular weight is 443 g/mol. The number of aryl methyl sites for hydroxylation is 2. The number of amides is 2. The minimum Gasteiger partial charge on any atom is -0.493 e. The van der Waals surface area contributed by atoms with Gasteiger partial charge >= 0.3 is 0 Å². The molecule has 2 N–H and O–H groups in total. The zero-order valence-corrected chi connectivity index (χ0v) is 18.4. The van der Waals surface area contributed by atoms with E-state index in [4.69, 9.17) is 4.74 Å². The van der Waals surface area contributed by atoms with Gasteiger partial charge in [-0.2, -0.15) is 0 Å². The smallest absolute Gasteiger partial charge is 0.265 e. The Morgan fingerprint density at radius 3 is 2.69 bits per heavy atom. The fourth-order valence-electron chi connectivity index (χ4n) is 3.80. The van der Waals surface area contributed by atoms with Gasteiger partial charge in [-0.3, -0.25) is 9.59 Å². The van der Waals surface area contributed by atoms with E-state index in [9.17, 15) is 9.59 Å². The summed E-state index contributed by atoms with van der Waals surface area (Å²) in [4.78, 5) is 26.3. The molecule has 0 bridgehead atoms. The molecule has 1 aliphatic rings. The molecule has 32 heavy (non-hydrogen) atoms. The number of fused-ring (bicyclic) bond motifs is 2. The summed E-state index contributed by atoms with van der Waals surface area (Å²) in [5.41, 5.74) is 3.88. The molecule has 1 aromatic heterocycles. The SMILES string of the molecule is Cc1ccc(NC(=O)c2ccc3c(c2)OCCC3)cc1NC(=O)c1cc2ccccc2s1. The summed E-state index contributed by atoms with van der Waals surface area (Å²) in [7, 11) is 0. The average Bonchev–Trinajstić information content (AvgIpc) is 3.25. The van der Waals surface area contributed by atoms with Crippen LogP contribution in [0, 0.1) is 6.92 Å². The Hall–Kier alpha value is -3.64. The third-order valence-electron chi connectivity index (χ3n) is 5.57. The molecular formula is C26H22N2O3S. The molecule has 0 fully saturated rings. The van der Waals surface area contributed by atoms with Crippen molar-refractivity contribution in [2.75, 3.05) is 17.2 Å². The van der Waals surface area contributed by atoms with Crippen molar-refractivity contribution in [1.82, 2.24) is 0 Å². The van der Waals surface area contributed by atoms with Crippen LogP contribution in [0.2, 0.25) is 0 Å². The van der Waals surface area contributed by atoms with Gasteiger partial charge in [0.25, 0.3) is 11.8 Å². The Bertz CT molecular complexity index is 1310. The van der Waals surface area contributed by atoms with Crippen LogP contribution in [0.1, 0.15) is 37.6 Å². The molecule has 2 heterocycles. The standard InChI is InChI=1S/C26H22N2O3S/c1-16-8-11-20(27-25(29)19-10-9-17-6-4-12-31-22(17)13-19)15-21(16)28-26(30)24-14-18-5-2-3-7-23(18)32-24/h2-3,5,7-11,13-15H,4,6,12H2,1H3,(H,27,29)(H,28,30). The van der Waals surface area contributed by atoms with Crippen LogP contribution in [-0.4, -0.2) is 18.4 Å². The van der Waals surface area contributed by atoms with E-state index in [1.807, 2.05) is 61.5 Å². The van der Waals surface area contributed by atoms with Gasteiger partial charge in [0, 0.05) is 21.6 Å². The Balaban J connectivity index is 1.33. The summed E-state index contributed by atoms with van der Waals surface area (Å²) in [5.74, 6) is 0.404. The van der Waals surface area contributed by atoms with Crippen LogP contribution in [0.4, 0.5) is 11.4 Å². The lowest BCUT2D eigenvalue weighted by Gasteiger charge is -2.18. The molecule has 3 aromatic carbocycles. The van der Waals surface area contributed by atoms with Crippen LogP contribution in [0.5, 0.6) is 5.75 Å². The van der Waals surface area contributed by atoms with Gasteiger partial charge in [-0.15, -0.1) is 11.3 Å². The second-order valence-corrected chi connectivity index (χ2v) is 8.94. The maximum absolute atomic E-state index is 12.8. The highest BCUT2D eigenvalue weighted by molar-refractivity contribution is 7.20. The normalized spacial score (nSPS) is 12.7. The van der Waals surface area contributed by atoms with Crippen LogP contribution < -0.4 is 15.4 Å². The lowest BCUT2D eigenvalue weighted by Crippen LogP contribution is -2.15. The summed E-state index contributed by atoms with van der Waals surface area (Å²) in [6, 6.07) is 20.9. The zero-order valence-electron chi connectivity index (χ0n) is 17.6. The van der Waals surface area contributed by atoms with Crippen LogP contribution >= 0.6 is 11.3 Å². The van der Waals surface area contributed by atoms with E-state index in [1.54, 1.807) is 12.1 Å². The first-order valence-electron chi connectivity index (χ1n) is 10.5. The van der Waals surface area contributed by atoms with E-state index in [0.717, 1.165) is 39.8 Å². The maximum atomic E-state index is 12.8. The zero-order chi connectivity index (χ0) is 22.1. The molecule has 1 aliphatic heterocycles. The molecule has 160 valence electrons. The number of carbonyl (C=O) groups is 2. The molecule has 0 saturated heterocycles. The third kappa shape index (κ3) is 4.09. The number of hydrogen-bond donors (Lipinski definition) is 2. The predicted molar refractivity (Wildman–Crippen MR) is 129 cm³/mol. The van der Waals surface area contributed by atoms with E-state index >= 15 is 0 Å². The Morgan fingerprint density at radius 2 is 1.81 bits per heavy atom. The van der Waals surface area contributed by atoms with E-state index < -0.39 is 0 Å². The fourth-order valence-corrected chi connectivity index (χ4v) is 4.75. The monoisotopic (exact) mass is 442 g/mol. The molecule has 4 aromatic rings. The highest BCUT2D eigenvalue weighted by atomic mass is 32.1. The van der Waals surface area contributed by atoms with Crippen LogP contribution in [0.25, 0.3) is 10.1 Å². The van der Waals surface area contributed by atoms with Gasteiger partial charge in [0.05, 0.1) is 11.5 Å². The number of rotatable bonds is 4. The lowest BCUT2D eigenvalue weighted by atomic mass is 10.0. The van der Waals surface area contributed by atoms with E-state index in [1.165, 1.54) is 11.3 Å². The van der Waals surface area contributed by atoms with Gasteiger partial charge in [0.1, 0.15) is 5.75 Å². The molecule has 0 radical (unpaired) electrons. The van der Waals surface area contributed by atoms with Crippen molar-refractivity contribution < 1.29 is 14.3 Å². The molecule has 0 atom stereocenters. The van der Waals surface area contributed by atoms with Crippen molar-refractivity contribution in [1.29, 1.82) is 0 Å². The summed E-state index contributed by atoms with van der Waals surface area (Å²) in [6.45, 7) is 2.60. The molecule has 0 saturated carbocycles. The predicted octanol–water partition coefficient (Wildman–Crippen LogP) is 6.04. The van der Waals surface area contributed by atoms with Crippen LogP contribution in [0.3, 0.4) is 0 Å². The maximum Gasteiger partial charge on any atom is 0.265 e. The molecular weight excluding hydrogens is 420 g/mol. The van der Waals surface area contributed by atoms with Gasteiger partial charge < -0.3 is 15.4 Å². The van der Waals surface area contributed by atoms with Crippen LogP contribution in [0.15, 0.2) is 66.7 Å². The molecule has 5 nitrogen and oxygen atoms in total. The second-order valence-electron chi connectivity index (χ2n) is 7.86. The van der Waals surface area contributed by atoms with Gasteiger partial charge in [-0.1, -0.05) is 30.3 Å². The van der Waals surface area contributed by atoms with Crippen LogP contribution in [-0.2, 0) is 6.42 Å². The number of ether oxygens (including phenoxy) is 1. The number of hydrogen-bond acceptors (Lipinski definition) is 4. The van der Waals surface area contributed by atoms with Gasteiger partial charge in [-0.25, -0.2) is 0 Å². The second kappa shape index (κ2) is 8.48. The Labute approximate surface area is 190 Å². The molecule has 0 unspecified atom stereocenters. The van der Waals surface area contributed by atoms with Crippen molar-refractivity contribution in [2.24, 2.45) is 0 Å². The minimum absolute atomic E-state index is 0.162. The van der Waals surface area contributed by atoms with E-state index in [0.29, 0.717) is 28.4 Å². The van der Waals surface area contributed by atoms with Crippen molar-refractivity contribution in [3.05, 3.63) is 88.3 Å². The number of benzene rings is 3. The first-order valence-corrected chi connectivity index (χ1v) is 11.4. The molecule has 2 amide bonds. The Kier molecular flexibility index (Phi) is 5.37. The van der Waals surface area contributed by atoms with Gasteiger partial charge in [0.2, 0.25) is 0 Å². The third-order valence-corrected chi connectivity index (χ3v) is 6.69. The van der Waals surface area contributed by atoms with E-state index in [2.05, 4.69) is 10.6 Å². The number of thiophene rings is 1. The molecule has 0 spiro atoms. The lowest BCUT2D eigenvalue weighted by molar-refractivity contribution is 0.102. The Morgan fingerprint density at radius 1 is 0.938 bits per heavy atom. The topological polar surface area (TPSA) is 67.4 Å². The number of anilines is 2. The summed E-state index contributed by atoms with van der Waals surface area (Å²) in [6.07, 6.45) is 1.97. The highest BCUT2D eigenvalue weighted by Crippen LogP contribution is 2.28. The van der Waals surface area contributed by atoms with Crippen molar-refractivity contribution in [3.8, 4) is 5.75 Å².